The van der Waals surface area contributed by atoms with Gasteiger partial charge in [-0.05, 0) is 31.5 Å². The molecule has 1 heterocycles. The number of hydrogen-bond donors (Lipinski definition) is 2. The Morgan fingerprint density at radius 1 is 1.52 bits per heavy atom. The maximum Gasteiger partial charge on any atom is 0.282 e. The van der Waals surface area contributed by atoms with E-state index in [2.05, 4.69) is 10.6 Å². The summed E-state index contributed by atoms with van der Waals surface area (Å²) in [7, 11) is 1.45. The second-order valence-corrected chi connectivity index (χ2v) is 4.66. The number of methoxy groups -OCH3 is 1. The van der Waals surface area contributed by atoms with Crippen molar-refractivity contribution < 1.29 is 14.5 Å². The lowest BCUT2D eigenvalue weighted by molar-refractivity contribution is -0.385. The first-order valence-electron chi connectivity index (χ1n) is 6.46. The van der Waals surface area contributed by atoms with Crippen LogP contribution in [0, 0.1) is 10.1 Å². The van der Waals surface area contributed by atoms with E-state index in [9.17, 15) is 14.9 Å². The molecule has 21 heavy (non-hydrogen) atoms. The Labute approximate surface area is 128 Å². The average molecular weight is 316 g/mol. The third-order valence-corrected chi connectivity index (χ3v) is 3.28. The molecule has 0 aromatic heterocycles. The molecule has 1 aliphatic heterocycles. The number of amides is 1. The first-order chi connectivity index (χ1) is 9.61. The van der Waals surface area contributed by atoms with Gasteiger partial charge in [-0.15, -0.1) is 12.4 Å². The van der Waals surface area contributed by atoms with Gasteiger partial charge in [-0.2, -0.15) is 0 Å². The second-order valence-electron chi connectivity index (χ2n) is 4.66. The van der Waals surface area contributed by atoms with Crippen molar-refractivity contribution in [2.24, 2.45) is 0 Å². The SMILES string of the molecule is COc1ccc([N+](=O)[O-])c(C(=O)NC2CCCNC2)c1.Cl. The van der Waals surface area contributed by atoms with Crippen LogP contribution in [0.5, 0.6) is 5.75 Å². The maximum atomic E-state index is 12.2. The Morgan fingerprint density at radius 2 is 2.29 bits per heavy atom. The summed E-state index contributed by atoms with van der Waals surface area (Å²) < 4.78 is 5.01. The molecule has 8 heteroatoms. The zero-order chi connectivity index (χ0) is 14.5. The number of nitrogens with one attached hydrogen (secondary N) is 2. The van der Waals surface area contributed by atoms with Gasteiger partial charge < -0.3 is 15.4 Å². The van der Waals surface area contributed by atoms with Gasteiger partial charge in [-0.1, -0.05) is 0 Å². The quantitative estimate of drug-likeness (QED) is 0.649. The van der Waals surface area contributed by atoms with Gasteiger partial charge in [0, 0.05) is 18.7 Å². The molecule has 1 aromatic rings. The topological polar surface area (TPSA) is 93.5 Å². The minimum Gasteiger partial charge on any atom is -0.497 e. The summed E-state index contributed by atoms with van der Waals surface area (Å²) in [5.74, 6) is -0.0215. The van der Waals surface area contributed by atoms with Crippen molar-refractivity contribution in [2.45, 2.75) is 18.9 Å². The number of ether oxygens (including phenoxy) is 1. The summed E-state index contributed by atoms with van der Waals surface area (Å²) in [6.07, 6.45) is 1.85. The monoisotopic (exact) mass is 315 g/mol. The average Bonchev–Trinajstić information content (AvgIpc) is 2.47. The van der Waals surface area contributed by atoms with Crippen molar-refractivity contribution in [3.05, 3.63) is 33.9 Å². The van der Waals surface area contributed by atoms with Crippen LogP contribution in [0.2, 0.25) is 0 Å². The van der Waals surface area contributed by atoms with Gasteiger partial charge in [0.1, 0.15) is 11.3 Å². The van der Waals surface area contributed by atoms with Gasteiger partial charge in [-0.25, -0.2) is 0 Å². The third kappa shape index (κ3) is 4.30. The standard InChI is InChI=1S/C13H17N3O4.ClH/c1-20-10-4-5-12(16(18)19)11(7-10)13(17)15-9-3-2-6-14-8-9;/h4-5,7,9,14H,2-3,6,8H2,1H3,(H,15,17);1H. The van der Waals surface area contributed by atoms with Gasteiger partial charge in [0.15, 0.2) is 0 Å². The molecule has 1 aromatic carbocycles. The lowest BCUT2D eigenvalue weighted by Crippen LogP contribution is -2.45. The Balaban J connectivity index is 0.00000220. The molecule has 1 aliphatic rings. The van der Waals surface area contributed by atoms with Crippen LogP contribution in [0.3, 0.4) is 0 Å². The first kappa shape index (κ1) is 17.2. The van der Waals surface area contributed by atoms with E-state index in [4.69, 9.17) is 4.74 Å². The Bertz CT molecular complexity index is 518. The van der Waals surface area contributed by atoms with Gasteiger partial charge in [0.2, 0.25) is 0 Å². The number of carbonyl (C=O) groups excluding carboxylic acids is 1. The number of nitro benzene ring substituents is 1. The van der Waals surface area contributed by atoms with Crippen molar-refractivity contribution in [3.8, 4) is 5.75 Å². The van der Waals surface area contributed by atoms with E-state index in [-0.39, 0.29) is 29.7 Å². The molecule has 0 bridgehead atoms. The van der Waals surface area contributed by atoms with E-state index >= 15 is 0 Å². The van der Waals surface area contributed by atoms with E-state index in [1.165, 1.54) is 25.3 Å². The number of rotatable bonds is 4. The molecule has 1 amide bonds. The van der Waals surface area contributed by atoms with Crippen LogP contribution in [-0.4, -0.2) is 37.1 Å². The van der Waals surface area contributed by atoms with E-state index in [1.807, 2.05) is 0 Å². The highest BCUT2D eigenvalue weighted by atomic mass is 35.5. The summed E-state index contributed by atoms with van der Waals surface area (Å²) in [6, 6.07) is 4.15. The summed E-state index contributed by atoms with van der Waals surface area (Å²) >= 11 is 0. The van der Waals surface area contributed by atoms with Crippen LogP contribution in [0.1, 0.15) is 23.2 Å². The fourth-order valence-electron chi connectivity index (χ4n) is 2.22. The minimum atomic E-state index is -0.562. The van der Waals surface area contributed by atoms with Gasteiger partial charge in [-0.3, -0.25) is 14.9 Å². The highest BCUT2D eigenvalue weighted by Gasteiger charge is 2.23. The fraction of sp³-hybridized carbons (Fsp3) is 0.462. The number of benzene rings is 1. The first-order valence-corrected chi connectivity index (χ1v) is 6.46. The largest absolute Gasteiger partial charge is 0.497 e. The molecule has 1 fully saturated rings. The van der Waals surface area contributed by atoms with E-state index in [0.29, 0.717) is 12.3 Å². The highest BCUT2D eigenvalue weighted by Crippen LogP contribution is 2.24. The van der Waals surface area contributed by atoms with Gasteiger partial charge in [0.25, 0.3) is 11.6 Å². The lowest BCUT2D eigenvalue weighted by Gasteiger charge is -2.23. The smallest absolute Gasteiger partial charge is 0.282 e. The second kappa shape index (κ2) is 7.80. The summed E-state index contributed by atoms with van der Waals surface area (Å²) in [6.45, 7) is 1.62. The van der Waals surface area contributed by atoms with Crippen LogP contribution in [0.4, 0.5) is 5.69 Å². The maximum absolute atomic E-state index is 12.2. The summed E-state index contributed by atoms with van der Waals surface area (Å²) in [5, 5.41) is 17.0. The van der Waals surface area contributed by atoms with Gasteiger partial charge in [0.05, 0.1) is 12.0 Å². The number of carbonyl (C=O) groups is 1. The van der Waals surface area contributed by atoms with Crippen molar-refractivity contribution in [2.75, 3.05) is 20.2 Å². The molecule has 7 nitrogen and oxygen atoms in total. The van der Waals surface area contributed by atoms with E-state index in [1.54, 1.807) is 0 Å². The van der Waals surface area contributed by atoms with Crippen molar-refractivity contribution in [1.29, 1.82) is 0 Å². The molecule has 116 valence electrons. The predicted octanol–water partition coefficient (Wildman–Crippen LogP) is 1.51. The van der Waals surface area contributed by atoms with Gasteiger partial charge >= 0.3 is 0 Å². The molecule has 0 radical (unpaired) electrons. The number of nitrogens with zero attached hydrogens (tertiary/aromatic N) is 1. The van der Waals surface area contributed by atoms with Crippen LogP contribution in [0.15, 0.2) is 18.2 Å². The number of halogens is 1. The number of piperidine rings is 1. The molecule has 2 N–H and O–H groups in total. The minimum absolute atomic E-state index is 0. The van der Waals surface area contributed by atoms with E-state index < -0.39 is 10.8 Å². The van der Waals surface area contributed by atoms with Crippen molar-refractivity contribution >= 4 is 24.0 Å². The molecule has 0 spiro atoms. The van der Waals surface area contributed by atoms with Crippen molar-refractivity contribution in [1.82, 2.24) is 10.6 Å². The molecule has 1 atom stereocenters. The Hall–Kier alpha value is -1.86. The van der Waals surface area contributed by atoms with Crippen LogP contribution in [0.25, 0.3) is 0 Å². The molecular weight excluding hydrogens is 298 g/mol. The highest BCUT2D eigenvalue weighted by molar-refractivity contribution is 5.98. The zero-order valence-electron chi connectivity index (χ0n) is 11.6. The van der Waals surface area contributed by atoms with E-state index in [0.717, 1.165) is 19.4 Å². The lowest BCUT2D eigenvalue weighted by atomic mass is 10.1. The van der Waals surface area contributed by atoms with Crippen LogP contribution < -0.4 is 15.4 Å². The molecule has 1 unspecified atom stereocenters. The molecular formula is C13H18ClN3O4. The van der Waals surface area contributed by atoms with Crippen LogP contribution >= 0.6 is 12.4 Å². The molecule has 2 rings (SSSR count). The van der Waals surface area contributed by atoms with Crippen LogP contribution in [-0.2, 0) is 0 Å². The summed E-state index contributed by atoms with van der Waals surface area (Å²) in [5.41, 5.74) is -0.188. The third-order valence-electron chi connectivity index (χ3n) is 3.28. The zero-order valence-corrected chi connectivity index (χ0v) is 12.4. The molecule has 0 saturated carbocycles. The number of hydrogen-bond acceptors (Lipinski definition) is 5. The Kier molecular flexibility index (Phi) is 6.39. The number of nitro groups is 1. The fourth-order valence-corrected chi connectivity index (χ4v) is 2.22. The predicted molar refractivity (Wildman–Crippen MR) is 80.3 cm³/mol. The molecule has 1 saturated heterocycles. The Morgan fingerprint density at radius 3 is 2.86 bits per heavy atom. The summed E-state index contributed by atoms with van der Waals surface area (Å²) in [4.78, 5) is 22.6. The molecule has 0 aliphatic carbocycles. The normalized spacial score (nSPS) is 17.5. The van der Waals surface area contributed by atoms with Crippen molar-refractivity contribution in [3.63, 3.8) is 0 Å².